The number of thioether (sulfide) groups is 1. The minimum atomic E-state index is 0.303. The molecule has 1 aromatic heterocycles. The first-order valence-electron chi connectivity index (χ1n) is 6.96. The van der Waals surface area contributed by atoms with Gasteiger partial charge in [-0.25, -0.2) is 4.98 Å². The Kier molecular flexibility index (Phi) is 4.21. The van der Waals surface area contributed by atoms with Crippen LogP contribution in [0.1, 0.15) is 25.6 Å². The van der Waals surface area contributed by atoms with E-state index >= 15 is 0 Å². The van der Waals surface area contributed by atoms with Crippen LogP contribution in [0, 0.1) is 0 Å². The predicted molar refractivity (Wildman–Crippen MR) is 89.3 cm³/mol. The zero-order valence-corrected chi connectivity index (χ0v) is 13.9. The van der Waals surface area contributed by atoms with Gasteiger partial charge in [0.25, 0.3) is 0 Å². The monoisotopic (exact) mass is 328 g/mol. The molecule has 0 bridgehead atoms. The molecule has 2 aromatic rings. The first-order valence-corrected chi connectivity index (χ1v) is 8.86. The summed E-state index contributed by atoms with van der Waals surface area (Å²) >= 11 is 14.3. The summed E-state index contributed by atoms with van der Waals surface area (Å²) in [5.41, 5.74) is 2.03. The van der Waals surface area contributed by atoms with Crippen LogP contribution in [-0.4, -0.2) is 25.9 Å². The summed E-state index contributed by atoms with van der Waals surface area (Å²) in [4.78, 5) is 4.71. The van der Waals surface area contributed by atoms with E-state index in [9.17, 15) is 0 Å². The molecule has 0 saturated carbocycles. The van der Waals surface area contributed by atoms with E-state index in [1.807, 2.05) is 12.1 Å². The van der Waals surface area contributed by atoms with Gasteiger partial charge in [-0.3, -0.25) is 0 Å². The van der Waals surface area contributed by atoms with Crippen LogP contribution in [0.2, 0.25) is 5.02 Å². The molecule has 0 spiro atoms. The molecular formula is C15H18Cl2N2S. The Morgan fingerprint density at radius 1 is 1.45 bits per heavy atom. The number of aromatic nitrogens is 2. The topological polar surface area (TPSA) is 17.8 Å². The van der Waals surface area contributed by atoms with Crippen molar-refractivity contribution >= 4 is 46.0 Å². The third-order valence-electron chi connectivity index (χ3n) is 3.92. The molecule has 1 aliphatic heterocycles. The average molecular weight is 329 g/mol. The highest BCUT2D eigenvalue weighted by molar-refractivity contribution is 8.00. The van der Waals surface area contributed by atoms with E-state index in [0.717, 1.165) is 34.8 Å². The van der Waals surface area contributed by atoms with Crippen LogP contribution in [0.5, 0.6) is 0 Å². The van der Waals surface area contributed by atoms with E-state index in [4.69, 9.17) is 28.2 Å². The van der Waals surface area contributed by atoms with Gasteiger partial charge in [0.2, 0.25) is 0 Å². The molecule has 1 fully saturated rings. The summed E-state index contributed by atoms with van der Waals surface area (Å²) in [5.74, 6) is 2.90. The van der Waals surface area contributed by atoms with Crippen LogP contribution in [0.25, 0.3) is 11.0 Å². The summed E-state index contributed by atoms with van der Waals surface area (Å²) in [5, 5.41) is 0.723. The number of benzene rings is 1. The number of para-hydroxylation sites is 1. The van der Waals surface area contributed by atoms with E-state index in [0.29, 0.717) is 10.6 Å². The molecule has 0 radical (unpaired) electrons. The number of rotatable bonds is 4. The molecule has 2 nitrogen and oxygen atoms in total. The number of imidazole rings is 1. The maximum Gasteiger partial charge on any atom is 0.111 e. The number of nitrogens with zero attached hydrogens (tertiary/aromatic N) is 2. The fourth-order valence-corrected chi connectivity index (χ4v) is 4.58. The molecule has 1 aromatic carbocycles. The van der Waals surface area contributed by atoms with Crippen LogP contribution in [-0.2, 0) is 13.0 Å². The number of aryl methyl sites for hydroxylation is 1. The molecule has 0 aliphatic carbocycles. The Balaban J connectivity index is 2.06. The molecule has 0 amide bonds. The third-order valence-corrected chi connectivity index (χ3v) is 5.94. The highest BCUT2D eigenvalue weighted by Crippen LogP contribution is 2.40. The van der Waals surface area contributed by atoms with E-state index in [1.165, 1.54) is 18.6 Å². The highest BCUT2D eigenvalue weighted by atomic mass is 35.5. The van der Waals surface area contributed by atoms with Gasteiger partial charge in [-0.2, -0.15) is 11.8 Å². The lowest BCUT2D eigenvalue weighted by atomic mass is 10.1. The molecule has 3 rings (SSSR count). The number of hydrogen-bond donors (Lipinski definition) is 0. The molecule has 1 atom stereocenters. The minimum absolute atomic E-state index is 0.303. The smallest absolute Gasteiger partial charge is 0.111 e. The van der Waals surface area contributed by atoms with Gasteiger partial charge in [-0.1, -0.05) is 17.7 Å². The normalized spacial score (nSPS) is 22.8. The van der Waals surface area contributed by atoms with Crippen LogP contribution in [0.3, 0.4) is 0 Å². The summed E-state index contributed by atoms with van der Waals surface area (Å²) in [7, 11) is 0. The van der Waals surface area contributed by atoms with Gasteiger partial charge < -0.3 is 4.57 Å². The quantitative estimate of drug-likeness (QED) is 0.753. The first kappa shape index (κ1) is 14.6. The van der Waals surface area contributed by atoms with Crippen molar-refractivity contribution in [3.63, 3.8) is 0 Å². The zero-order chi connectivity index (χ0) is 14.2. The molecule has 0 N–H and O–H groups in total. The fourth-order valence-electron chi connectivity index (χ4n) is 2.91. The molecule has 1 unspecified atom stereocenters. The van der Waals surface area contributed by atoms with Gasteiger partial charge in [0.15, 0.2) is 0 Å². The minimum Gasteiger partial charge on any atom is -0.327 e. The van der Waals surface area contributed by atoms with Crippen molar-refractivity contribution in [1.82, 2.24) is 9.55 Å². The van der Waals surface area contributed by atoms with Gasteiger partial charge in [0.05, 0.1) is 10.5 Å². The van der Waals surface area contributed by atoms with Gasteiger partial charge in [0, 0.05) is 23.6 Å². The van der Waals surface area contributed by atoms with Gasteiger partial charge in [-0.05, 0) is 37.7 Å². The van der Waals surface area contributed by atoms with Crippen molar-refractivity contribution in [2.24, 2.45) is 0 Å². The third kappa shape index (κ3) is 2.68. The predicted octanol–water partition coefficient (Wildman–Crippen LogP) is 4.76. The van der Waals surface area contributed by atoms with Crippen LogP contribution in [0.4, 0.5) is 0 Å². The molecule has 1 aliphatic rings. The van der Waals surface area contributed by atoms with E-state index in [-0.39, 0.29) is 0 Å². The lowest BCUT2D eigenvalue weighted by Crippen LogP contribution is -2.25. The Morgan fingerprint density at radius 3 is 3.00 bits per heavy atom. The average Bonchev–Trinajstić information content (AvgIpc) is 2.98. The Morgan fingerprint density at radius 2 is 2.30 bits per heavy atom. The van der Waals surface area contributed by atoms with Gasteiger partial charge >= 0.3 is 0 Å². The van der Waals surface area contributed by atoms with Crippen molar-refractivity contribution < 1.29 is 0 Å². The van der Waals surface area contributed by atoms with Crippen molar-refractivity contribution in [2.75, 3.05) is 11.6 Å². The van der Waals surface area contributed by atoms with Gasteiger partial charge in [0.1, 0.15) is 11.3 Å². The number of hydrogen-bond acceptors (Lipinski definition) is 2. The second-order valence-electron chi connectivity index (χ2n) is 5.56. The van der Waals surface area contributed by atoms with Crippen LogP contribution in [0.15, 0.2) is 18.2 Å². The summed E-state index contributed by atoms with van der Waals surface area (Å²) < 4.78 is 2.62. The zero-order valence-electron chi connectivity index (χ0n) is 11.5. The summed E-state index contributed by atoms with van der Waals surface area (Å²) in [6.07, 6.45) is 3.35. The van der Waals surface area contributed by atoms with E-state index < -0.39 is 0 Å². The maximum atomic E-state index is 6.28. The lowest BCUT2D eigenvalue weighted by Gasteiger charge is -2.24. The largest absolute Gasteiger partial charge is 0.327 e. The van der Waals surface area contributed by atoms with Crippen LogP contribution >= 0.6 is 35.0 Å². The molecule has 1 saturated heterocycles. The van der Waals surface area contributed by atoms with E-state index in [1.54, 1.807) is 0 Å². The molecule has 2 heterocycles. The standard InChI is InChI=1S/C15H18Cl2N2S/c1-15(7-3-9-20-15)10-19-12-5-2-4-11(17)14(12)18-13(19)6-8-16/h2,4-5H,3,6-10H2,1H3. The highest BCUT2D eigenvalue weighted by Gasteiger charge is 2.31. The SMILES string of the molecule is CC1(Cn2c(CCCl)nc3c(Cl)cccc32)CCCS1. The maximum absolute atomic E-state index is 6.28. The Hall–Kier alpha value is -0.380. The number of halogens is 2. The van der Waals surface area contributed by atoms with Crippen LogP contribution < -0.4 is 0 Å². The molecule has 5 heteroatoms. The van der Waals surface area contributed by atoms with Crippen molar-refractivity contribution in [2.45, 2.75) is 37.5 Å². The van der Waals surface area contributed by atoms with Crippen molar-refractivity contribution in [3.8, 4) is 0 Å². The van der Waals surface area contributed by atoms with Crippen molar-refractivity contribution in [3.05, 3.63) is 29.0 Å². The van der Waals surface area contributed by atoms with E-state index in [2.05, 4.69) is 29.3 Å². The summed E-state index contributed by atoms with van der Waals surface area (Å²) in [6, 6.07) is 6.00. The Labute approximate surface area is 133 Å². The fraction of sp³-hybridized carbons (Fsp3) is 0.533. The van der Waals surface area contributed by atoms with Gasteiger partial charge in [-0.15, -0.1) is 11.6 Å². The molecule has 108 valence electrons. The number of fused-ring (bicyclic) bond motifs is 1. The second-order valence-corrected chi connectivity index (χ2v) is 8.03. The molecule has 20 heavy (non-hydrogen) atoms. The number of alkyl halides is 1. The first-order chi connectivity index (χ1) is 9.63. The summed E-state index contributed by atoms with van der Waals surface area (Å²) in [6.45, 7) is 3.34. The Bertz CT molecular complexity index is 618. The van der Waals surface area contributed by atoms with Crippen molar-refractivity contribution in [1.29, 1.82) is 0 Å². The lowest BCUT2D eigenvalue weighted by molar-refractivity contribution is 0.507. The molecular weight excluding hydrogens is 311 g/mol. The second kappa shape index (κ2) is 5.78.